The van der Waals surface area contributed by atoms with Crippen LogP contribution in [0.25, 0.3) is 10.9 Å². The first-order valence-electron chi connectivity index (χ1n) is 8.52. The Labute approximate surface area is 168 Å². The van der Waals surface area contributed by atoms with E-state index in [0.717, 1.165) is 6.07 Å². The highest BCUT2D eigenvalue weighted by Crippen LogP contribution is 2.32. The fraction of sp³-hybridized carbons (Fsp3) is 0. The van der Waals surface area contributed by atoms with Crippen molar-refractivity contribution >= 4 is 26.6 Å². The molecule has 4 N–H and O–H groups in total. The molecule has 0 saturated carbocycles. The van der Waals surface area contributed by atoms with E-state index >= 15 is 0 Å². The monoisotopic (exact) mass is 426 g/mol. The van der Waals surface area contributed by atoms with Gasteiger partial charge in [-0.15, -0.1) is 0 Å². The van der Waals surface area contributed by atoms with Gasteiger partial charge in [-0.05, 0) is 42.5 Å². The number of fused-ring (bicyclic) bond motifs is 1. The van der Waals surface area contributed by atoms with Crippen LogP contribution in [0, 0.1) is 0 Å². The molecule has 4 aromatic rings. The van der Waals surface area contributed by atoms with E-state index in [0.29, 0.717) is 5.75 Å². The van der Waals surface area contributed by atoms with Crippen molar-refractivity contribution in [1.29, 1.82) is 0 Å². The van der Waals surface area contributed by atoms with Crippen LogP contribution in [0.15, 0.2) is 75.4 Å². The van der Waals surface area contributed by atoms with Gasteiger partial charge in [0.1, 0.15) is 17.2 Å². The smallest absolute Gasteiger partial charge is 0.326 e. The second kappa shape index (κ2) is 7.37. The van der Waals surface area contributed by atoms with Gasteiger partial charge in [-0.2, -0.15) is 0 Å². The van der Waals surface area contributed by atoms with Gasteiger partial charge in [-0.3, -0.25) is 19.5 Å². The minimum Gasteiger partial charge on any atom is -0.506 e. The van der Waals surface area contributed by atoms with E-state index in [9.17, 15) is 23.1 Å². The number of aromatic hydroxyl groups is 1. The molecule has 4 rings (SSSR count). The second-order valence-electron chi connectivity index (χ2n) is 6.19. The van der Waals surface area contributed by atoms with Crippen LogP contribution in [-0.2, 0) is 10.0 Å². The van der Waals surface area contributed by atoms with Crippen molar-refractivity contribution in [2.45, 2.75) is 4.90 Å². The summed E-state index contributed by atoms with van der Waals surface area (Å²) >= 11 is 0. The normalized spacial score (nSPS) is 11.3. The van der Waals surface area contributed by atoms with E-state index in [2.05, 4.69) is 14.7 Å². The largest absolute Gasteiger partial charge is 0.506 e. The third-order valence-electron chi connectivity index (χ3n) is 4.10. The fourth-order valence-corrected chi connectivity index (χ4v) is 3.82. The number of phenolic OH excluding ortho intramolecular Hbond substituents is 1. The maximum atomic E-state index is 12.7. The second-order valence-corrected chi connectivity index (χ2v) is 7.87. The number of hydrogen-bond donors (Lipinski definition) is 4. The number of benzene rings is 2. The number of rotatable bonds is 5. The Morgan fingerprint density at radius 3 is 2.57 bits per heavy atom. The average molecular weight is 426 g/mol. The molecule has 152 valence electrons. The molecule has 0 fully saturated rings. The van der Waals surface area contributed by atoms with E-state index in [4.69, 9.17) is 4.74 Å². The molecule has 0 unspecified atom stereocenters. The molecule has 0 saturated heterocycles. The Hall–Kier alpha value is -4.12. The summed E-state index contributed by atoms with van der Waals surface area (Å²) in [6.45, 7) is 0. The first-order valence-corrected chi connectivity index (χ1v) is 10.0. The molecule has 11 heteroatoms. The predicted octanol–water partition coefficient (Wildman–Crippen LogP) is 1.91. The number of nitrogens with one attached hydrogen (secondary N) is 3. The molecule has 10 nitrogen and oxygen atoms in total. The summed E-state index contributed by atoms with van der Waals surface area (Å²) < 4.78 is 33.2. The number of anilines is 1. The molecule has 0 amide bonds. The van der Waals surface area contributed by atoms with Crippen molar-refractivity contribution < 1.29 is 18.3 Å². The van der Waals surface area contributed by atoms with Crippen LogP contribution in [0.2, 0.25) is 0 Å². The Morgan fingerprint density at radius 1 is 1.00 bits per heavy atom. The molecule has 2 aromatic heterocycles. The van der Waals surface area contributed by atoms with Gasteiger partial charge in [0.05, 0.1) is 27.7 Å². The standard InChI is InChI=1S/C19H14N4O6S/c24-17-8-11(29-12-2-1-7-20-10-12)3-5-16(17)23-30(27,28)13-4-6-15-14(9-13)18(25)22-19(26)21-15/h1-10,23-24H,(H2,21,22,25,26). The van der Waals surface area contributed by atoms with Crippen molar-refractivity contribution in [3.05, 3.63) is 81.8 Å². The van der Waals surface area contributed by atoms with Crippen LogP contribution < -0.4 is 20.7 Å². The molecule has 2 aromatic carbocycles. The summed E-state index contributed by atoms with van der Waals surface area (Å²) in [5.74, 6) is 0.372. The van der Waals surface area contributed by atoms with Crippen molar-refractivity contribution in [2.75, 3.05) is 4.72 Å². The molecule has 2 heterocycles. The van der Waals surface area contributed by atoms with Crippen LogP contribution in [0.3, 0.4) is 0 Å². The lowest BCUT2D eigenvalue weighted by atomic mass is 10.2. The molecule has 0 aliphatic rings. The van der Waals surface area contributed by atoms with Gasteiger partial charge in [-0.25, -0.2) is 13.2 Å². The number of pyridine rings is 1. The van der Waals surface area contributed by atoms with Crippen LogP contribution in [-0.4, -0.2) is 28.5 Å². The average Bonchev–Trinajstić information content (AvgIpc) is 2.70. The maximum absolute atomic E-state index is 12.7. The van der Waals surface area contributed by atoms with Gasteiger partial charge in [0, 0.05) is 12.3 Å². The SMILES string of the molecule is O=c1[nH]c(=O)c2cc(S(=O)(=O)Nc3ccc(Oc4cccnc4)cc3O)ccc2[nH]1. The number of hydrogen-bond acceptors (Lipinski definition) is 7. The molecular formula is C19H14N4O6S. The molecule has 0 aliphatic carbocycles. The lowest BCUT2D eigenvalue weighted by Gasteiger charge is -2.12. The Morgan fingerprint density at radius 2 is 1.83 bits per heavy atom. The first-order chi connectivity index (χ1) is 14.3. The molecule has 0 aliphatic heterocycles. The number of ether oxygens (including phenoxy) is 1. The minimum atomic E-state index is -4.13. The van der Waals surface area contributed by atoms with Gasteiger partial charge < -0.3 is 14.8 Å². The lowest BCUT2D eigenvalue weighted by molar-refractivity contribution is 0.456. The van der Waals surface area contributed by atoms with Crippen LogP contribution in [0.1, 0.15) is 0 Å². The van der Waals surface area contributed by atoms with Crippen molar-refractivity contribution in [3.8, 4) is 17.2 Å². The number of nitrogens with zero attached hydrogens (tertiary/aromatic N) is 1. The zero-order valence-corrected chi connectivity index (χ0v) is 15.9. The molecule has 0 spiro atoms. The molecule has 30 heavy (non-hydrogen) atoms. The number of aromatic amines is 2. The molecular weight excluding hydrogens is 412 g/mol. The first kappa shape index (κ1) is 19.2. The molecule has 0 radical (unpaired) electrons. The van der Waals surface area contributed by atoms with Crippen LogP contribution in [0.5, 0.6) is 17.2 Å². The third kappa shape index (κ3) is 3.86. The number of H-pyrrole nitrogens is 2. The van der Waals surface area contributed by atoms with Crippen molar-refractivity contribution in [1.82, 2.24) is 15.0 Å². The Kier molecular flexibility index (Phi) is 4.72. The summed E-state index contributed by atoms with van der Waals surface area (Å²) in [6.07, 6.45) is 3.07. The van der Waals surface area contributed by atoms with E-state index in [1.54, 1.807) is 18.3 Å². The Bertz CT molecular complexity index is 1460. The maximum Gasteiger partial charge on any atom is 0.326 e. The van der Waals surface area contributed by atoms with Gasteiger partial charge >= 0.3 is 5.69 Å². The van der Waals surface area contributed by atoms with Gasteiger partial charge in [0.25, 0.3) is 15.6 Å². The summed E-state index contributed by atoms with van der Waals surface area (Å²) in [5, 5.41) is 10.2. The lowest BCUT2D eigenvalue weighted by Crippen LogP contribution is -2.22. The van der Waals surface area contributed by atoms with Crippen LogP contribution in [0.4, 0.5) is 5.69 Å². The highest BCUT2D eigenvalue weighted by Gasteiger charge is 2.18. The third-order valence-corrected chi connectivity index (χ3v) is 5.47. The zero-order chi connectivity index (χ0) is 21.3. The summed E-state index contributed by atoms with van der Waals surface area (Å²) in [4.78, 5) is 31.4. The van der Waals surface area contributed by atoms with Gasteiger partial charge in [0.15, 0.2) is 0 Å². The minimum absolute atomic E-state index is 0.00177. The topological polar surface area (TPSA) is 154 Å². The predicted molar refractivity (Wildman–Crippen MR) is 108 cm³/mol. The summed E-state index contributed by atoms with van der Waals surface area (Å²) in [5.41, 5.74) is -1.29. The highest BCUT2D eigenvalue weighted by molar-refractivity contribution is 7.92. The zero-order valence-electron chi connectivity index (χ0n) is 15.1. The highest BCUT2D eigenvalue weighted by atomic mass is 32.2. The van der Waals surface area contributed by atoms with E-state index < -0.39 is 21.3 Å². The quantitative estimate of drug-likeness (QED) is 0.355. The number of phenols is 1. The number of aromatic nitrogens is 3. The molecule has 0 atom stereocenters. The fourth-order valence-electron chi connectivity index (χ4n) is 2.72. The van der Waals surface area contributed by atoms with Crippen LogP contribution >= 0.6 is 0 Å². The Balaban J connectivity index is 1.62. The van der Waals surface area contributed by atoms with E-state index in [-0.39, 0.29) is 33.0 Å². The van der Waals surface area contributed by atoms with Crippen molar-refractivity contribution in [2.24, 2.45) is 0 Å². The van der Waals surface area contributed by atoms with Gasteiger partial charge in [0.2, 0.25) is 0 Å². The van der Waals surface area contributed by atoms with Crippen molar-refractivity contribution in [3.63, 3.8) is 0 Å². The van der Waals surface area contributed by atoms with Gasteiger partial charge in [-0.1, -0.05) is 0 Å². The summed E-state index contributed by atoms with van der Waals surface area (Å²) in [7, 11) is -4.13. The summed E-state index contributed by atoms with van der Waals surface area (Å²) in [6, 6.07) is 11.1. The van der Waals surface area contributed by atoms with E-state index in [1.807, 2.05) is 4.98 Å². The molecule has 0 bridgehead atoms. The number of sulfonamides is 1. The van der Waals surface area contributed by atoms with E-state index in [1.165, 1.54) is 36.5 Å².